The highest BCUT2D eigenvalue weighted by atomic mass is 79.9. The van der Waals surface area contributed by atoms with Crippen molar-refractivity contribution < 1.29 is 14.3 Å². The minimum atomic E-state index is -1.24. The number of nitrogens with zero attached hydrogens (tertiary/aromatic N) is 2. The van der Waals surface area contributed by atoms with Crippen LogP contribution in [0.1, 0.15) is 10.7 Å². The van der Waals surface area contributed by atoms with E-state index in [0.717, 1.165) is 8.95 Å². The van der Waals surface area contributed by atoms with Gasteiger partial charge in [-0.25, -0.2) is 4.79 Å². The maximum absolute atomic E-state index is 10.6. The highest BCUT2D eigenvalue weighted by Gasteiger charge is 2.14. The van der Waals surface area contributed by atoms with Crippen LogP contribution in [-0.4, -0.2) is 21.3 Å². The first-order chi connectivity index (χ1) is 7.56. The van der Waals surface area contributed by atoms with Crippen LogP contribution >= 0.6 is 31.9 Å². The van der Waals surface area contributed by atoms with E-state index in [1.807, 2.05) is 6.07 Å². The van der Waals surface area contributed by atoms with Crippen molar-refractivity contribution in [2.45, 2.75) is 0 Å². The largest absolute Gasteiger partial charge is 0.474 e. The summed E-state index contributed by atoms with van der Waals surface area (Å²) in [7, 11) is 0. The van der Waals surface area contributed by atoms with Crippen LogP contribution in [-0.2, 0) is 0 Å². The molecule has 0 aliphatic heterocycles. The summed E-state index contributed by atoms with van der Waals surface area (Å²) >= 11 is 6.62. The molecule has 1 aromatic heterocycles. The summed E-state index contributed by atoms with van der Waals surface area (Å²) in [5.41, 5.74) is 0.640. The van der Waals surface area contributed by atoms with E-state index in [-0.39, 0.29) is 5.89 Å². The Morgan fingerprint density at radius 1 is 1.19 bits per heavy atom. The Bertz CT molecular complexity index is 533. The zero-order valence-corrected chi connectivity index (χ0v) is 10.8. The third-order valence-electron chi connectivity index (χ3n) is 1.72. The van der Waals surface area contributed by atoms with Crippen LogP contribution in [0.3, 0.4) is 0 Å². The lowest BCUT2D eigenvalue weighted by atomic mass is 10.2. The van der Waals surface area contributed by atoms with Crippen molar-refractivity contribution in [2.75, 3.05) is 0 Å². The quantitative estimate of drug-likeness (QED) is 0.903. The molecule has 0 aliphatic rings. The molecule has 0 unspecified atom stereocenters. The van der Waals surface area contributed by atoms with Gasteiger partial charge in [0.25, 0.3) is 0 Å². The maximum atomic E-state index is 10.6. The summed E-state index contributed by atoms with van der Waals surface area (Å²) in [5.74, 6) is -1.50. The lowest BCUT2D eigenvalue weighted by Crippen LogP contribution is -1.95. The van der Waals surface area contributed by atoms with E-state index in [2.05, 4.69) is 42.1 Å². The number of hydrogen-bond donors (Lipinski definition) is 1. The Balaban J connectivity index is 2.46. The molecule has 0 radical (unpaired) electrons. The van der Waals surface area contributed by atoms with E-state index in [0.29, 0.717) is 5.56 Å². The maximum Gasteiger partial charge on any atom is 0.393 e. The second-order valence-electron chi connectivity index (χ2n) is 2.88. The smallest absolute Gasteiger partial charge is 0.393 e. The van der Waals surface area contributed by atoms with E-state index < -0.39 is 11.9 Å². The SMILES string of the molecule is O=C(O)c1nnc(-c2cc(Br)cc(Br)c2)o1. The summed E-state index contributed by atoms with van der Waals surface area (Å²) in [4.78, 5) is 10.6. The zero-order chi connectivity index (χ0) is 11.7. The van der Waals surface area contributed by atoms with Gasteiger partial charge < -0.3 is 9.52 Å². The minimum absolute atomic E-state index is 0.166. The van der Waals surface area contributed by atoms with Gasteiger partial charge in [0.15, 0.2) is 0 Å². The van der Waals surface area contributed by atoms with Crippen LogP contribution in [0.5, 0.6) is 0 Å². The van der Waals surface area contributed by atoms with Gasteiger partial charge in [0.1, 0.15) is 0 Å². The minimum Gasteiger partial charge on any atom is -0.474 e. The molecule has 5 nitrogen and oxygen atoms in total. The average Bonchev–Trinajstić information content (AvgIpc) is 2.64. The summed E-state index contributed by atoms with van der Waals surface area (Å²) in [6.45, 7) is 0. The molecular weight excluding hydrogens is 344 g/mol. The van der Waals surface area contributed by atoms with Crippen molar-refractivity contribution in [3.8, 4) is 11.5 Å². The molecule has 1 aromatic carbocycles. The molecule has 2 aromatic rings. The van der Waals surface area contributed by atoms with E-state index in [4.69, 9.17) is 9.52 Å². The second-order valence-corrected chi connectivity index (χ2v) is 4.71. The van der Waals surface area contributed by atoms with Crippen LogP contribution in [0.25, 0.3) is 11.5 Å². The predicted molar refractivity (Wildman–Crippen MR) is 62.1 cm³/mol. The lowest BCUT2D eigenvalue weighted by molar-refractivity contribution is 0.0654. The van der Waals surface area contributed by atoms with E-state index in [1.54, 1.807) is 12.1 Å². The molecule has 0 bridgehead atoms. The third-order valence-corrected chi connectivity index (χ3v) is 2.63. The Morgan fingerprint density at radius 2 is 1.81 bits per heavy atom. The van der Waals surface area contributed by atoms with Crippen molar-refractivity contribution >= 4 is 37.8 Å². The number of hydrogen-bond acceptors (Lipinski definition) is 4. The van der Waals surface area contributed by atoms with Crippen molar-refractivity contribution in [2.24, 2.45) is 0 Å². The van der Waals surface area contributed by atoms with Crippen LogP contribution < -0.4 is 0 Å². The van der Waals surface area contributed by atoms with Crippen LogP contribution in [0.4, 0.5) is 0 Å². The van der Waals surface area contributed by atoms with Crippen molar-refractivity contribution in [3.63, 3.8) is 0 Å². The van der Waals surface area contributed by atoms with Gasteiger partial charge in [-0.3, -0.25) is 0 Å². The molecule has 0 fully saturated rings. The molecule has 0 saturated heterocycles. The number of carboxylic acids is 1. The summed E-state index contributed by atoms with van der Waals surface area (Å²) in [6.07, 6.45) is 0. The Kier molecular flexibility index (Phi) is 3.06. The molecule has 16 heavy (non-hydrogen) atoms. The monoisotopic (exact) mass is 346 g/mol. The molecule has 0 spiro atoms. The van der Waals surface area contributed by atoms with Crippen molar-refractivity contribution in [1.29, 1.82) is 0 Å². The van der Waals surface area contributed by atoms with Crippen LogP contribution in [0.15, 0.2) is 31.6 Å². The molecule has 82 valence electrons. The summed E-state index contributed by atoms with van der Waals surface area (Å²) in [5, 5.41) is 15.7. The lowest BCUT2D eigenvalue weighted by Gasteiger charge is -1.97. The fraction of sp³-hybridized carbons (Fsp3) is 0. The molecule has 0 aliphatic carbocycles. The topological polar surface area (TPSA) is 76.2 Å². The van der Waals surface area contributed by atoms with Gasteiger partial charge >= 0.3 is 11.9 Å². The van der Waals surface area contributed by atoms with E-state index in [1.165, 1.54) is 0 Å². The van der Waals surface area contributed by atoms with Crippen molar-refractivity contribution in [1.82, 2.24) is 10.2 Å². The molecule has 0 atom stereocenters. The highest BCUT2D eigenvalue weighted by molar-refractivity contribution is 9.11. The molecular formula is C9H4Br2N2O3. The number of benzene rings is 1. The zero-order valence-electron chi connectivity index (χ0n) is 7.65. The molecule has 0 amide bonds. The van der Waals surface area contributed by atoms with Gasteiger partial charge in [0.2, 0.25) is 5.89 Å². The van der Waals surface area contributed by atoms with E-state index in [9.17, 15) is 4.79 Å². The second kappa shape index (κ2) is 4.34. The van der Waals surface area contributed by atoms with Gasteiger partial charge in [0, 0.05) is 14.5 Å². The van der Waals surface area contributed by atoms with Crippen LogP contribution in [0.2, 0.25) is 0 Å². The van der Waals surface area contributed by atoms with Gasteiger partial charge in [-0.15, -0.1) is 10.2 Å². The summed E-state index contributed by atoms with van der Waals surface area (Å²) < 4.78 is 6.63. The third kappa shape index (κ3) is 2.30. The number of rotatable bonds is 2. The number of halogens is 2. The average molecular weight is 348 g/mol. The molecule has 7 heteroatoms. The first-order valence-corrected chi connectivity index (χ1v) is 5.68. The van der Waals surface area contributed by atoms with Gasteiger partial charge in [-0.1, -0.05) is 31.9 Å². The van der Waals surface area contributed by atoms with E-state index >= 15 is 0 Å². The number of carbonyl (C=O) groups is 1. The standard InChI is InChI=1S/C9H4Br2N2O3/c10-5-1-4(2-6(11)3-5)7-12-13-8(16-7)9(14)15/h1-3H,(H,14,15). The predicted octanol–water partition coefficient (Wildman–Crippen LogP) is 2.96. The number of carboxylic acid groups (broad SMARTS) is 1. The molecule has 1 heterocycles. The van der Waals surface area contributed by atoms with Gasteiger partial charge in [-0.2, -0.15) is 0 Å². The Hall–Kier alpha value is -1.21. The highest BCUT2D eigenvalue weighted by Crippen LogP contribution is 2.26. The first-order valence-electron chi connectivity index (χ1n) is 4.09. The molecule has 1 N–H and O–H groups in total. The first kappa shape index (κ1) is 11.3. The van der Waals surface area contributed by atoms with Crippen molar-refractivity contribution in [3.05, 3.63) is 33.0 Å². The fourth-order valence-electron chi connectivity index (χ4n) is 1.10. The fourth-order valence-corrected chi connectivity index (χ4v) is 2.40. The molecule has 0 saturated carbocycles. The normalized spacial score (nSPS) is 10.4. The molecule has 2 rings (SSSR count). The number of aromatic carboxylic acids is 1. The van der Waals surface area contributed by atoms with Gasteiger partial charge in [-0.05, 0) is 18.2 Å². The van der Waals surface area contributed by atoms with Crippen LogP contribution in [0, 0.1) is 0 Å². The number of aromatic nitrogens is 2. The Labute approximate surface area is 107 Å². The summed E-state index contributed by atoms with van der Waals surface area (Å²) in [6, 6.07) is 5.35. The van der Waals surface area contributed by atoms with Gasteiger partial charge in [0.05, 0.1) is 0 Å². The Morgan fingerprint density at radius 3 is 2.31 bits per heavy atom.